The van der Waals surface area contributed by atoms with Gasteiger partial charge in [-0.2, -0.15) is 0 Å². The van der Waals surface area contributed by atoms with Crippen LogP contribution in [-0.2, 0) is 6.54 Å². The fourth-order valence-electron chi connectivity index (χ4n) is 1.75. The van der Waals surface area contributed by atoms with Gasteiger partial charge in [0.2, 0.25) is 0 Å². The first-order valence-electron chi connectivity index (χ1n) is 6.62. The molecule has 0 bridgehead atoms. The van der Waals surface area contributed by atoms with E-state index < -0.39 is 0 Å². The van der Waals surface area contributed by atoms with Gasteiger partial charge in [-0.3, -0.25) is 10.1 Å². The minimum absolute atomic E-state index is 0.171. The lowest BCUT2D eigenvalue weighted by atomic mass is 10.2. The highest BCUT2D eigenvalue weighted by Gasteiger charge is 2.12. The second kappa shape index (κ2) is 7.41. The number of urea groups is 1. The van der Waals surface area contributed by atoms with E-state index in [1.54, 1.807) is 5.51 Å². The van der Waals surface area contributed by atoms with Gasteiger partial charge in [0, 0.05) is 6.07 Å². The quantitative estimate of drug-likeness (QED) is 0.574. The van der Waals surface area contributed by atoms with Crippen molar-refractivity contribution in [1.29, 1.82) is 0 Å². The number of hydrogen-bond donors (Lipinski definition) is 3. The van der Waals surface area contributed by atoms with E-state index in [0.29, 0.717) is 22.6 Å². The molecule has 0 atom stereocenters. The van der Waals surface area contributed by atoms with E-state index in [-0.39, 0.29) is 18.1 Å². The summed E-state index contributed by atoms with van der Waals surface area (Å²) in [4.78, 5) is 35.4. The molecule has 118 valence electrons. The van der Waals surface area contributed by atoms with Gasteiger partial charge in [0.1, 0.15) is 5.82 Å². The maximum absolute atomic E-state index is 11.9. The van der Waals surface area contributed by atoms with E-state index in [0.717, 1.165) is 4.88 Å². The van der Waals surface area contributed by atoms with Crippen LogP contribution in [-0.4, -0.2) is 27.2 Å². The first kappa shape index (κ1) is 16.5. The summed E-state index contributed by atoms with van der Waals surface area (Å²) < 4.78 is 0. The van der Waals surface area contributed by atoms with Gasteiger partial charge < -0.3 is 10.3 Å². The van der Waals surface area contributed by atoms with Crippen molar-refractivity contribution in [3.63, 3.8) is 0 Å². The predicted molar refractivity (Wildman–Crippen MR) is 88.7 cm³/mol. The molecule has 0 spiro atoms. The Morgan fingerprint density at radius 1 is 1.50 bits per heavy atom. The van der Waals surface area contributed by atoms with Crippen LogP contribution in [0.3, 0.4) is 0 Å². The number of anilines is 1. The van der Waals surface area contributed by atoms with E-state index in [1.165, 1.54) is 29.2 Å². The molecule has 2 aromatic rings. The zero-order valence-corrected chi connectivity index (χ0v) is 14.1. The summed E-state index contributed by atoms with van der Waals surface area (Å²) in [6.45, 7) is 4.26. The Morgan fingerprint density at radius 2 is 2.27 bits per heavy atom. The largest absolute Gasteiger partial charge is 0.332 e. The molecule has 2 amide bonds. The Balaban J connectivity index is 1.97. The number of H-pyrrole nitrogens is 1. The average Bonchev–Trinajstić information content (AvgIpc) is 2.92. The van der Waals surface area contributed by atoms with Gasteiger partial charge in [-0.05, 0) is 12.2 Å². The Morgan fingerprint density at radius 3 is 2.95 bits per heavy atom. The maximum atomic E-state index is 11.9. The Labute approximate surface area is 136 Å². The first-order valence-corrected chi connectivity index (χ1v) is 8.72. The molecule has 2 aromatic heterocycles. The zero-order valence-electron chi connectivity index (χ0n) is 12.5. The van der Waals surface area contributed by atoms with Gasteiger partial charge in [-0.25, -0.2) is 14.8 Å². The maximum Gasteiger partial charge on any atom is 0.320 e. The van der Waals surface area contributed by atoms with E-state index in [4.69, 9.17) is 0 Å². The van der Waals surface area contributed by atoms with Crippen molar-refractivity contribution in [2.24, 2.45) is 0 Å². The molecular formula is C13H17N5O2S2. The van der Waals surface area contributed by atoms with Gasteiger partial charge in [-0.15, -0.1) is 11.3 Å². The number of aromatic nitrogens is 3. The van der Waals surface area contributed by atoms with Crippen LogP contribution in [0.2, 0.25) is 0 Å². The molecular weight excluding hydrogens is 322 g/mol. The number of thiazole rings is 1. The third-order valence-electron chi connectivity index (χ3n) is 2.75. The van der Waals surface area contributed by atoms with Crippen LogP contribution in [0.5, 0.6) is 0 Å². The molecule has 0 aromatic carbocycles. The summed E-state index contributed by atoms with van der Waals surface area (Å²) in [6.07, 6.45) is 1.82. The van der Waals surface area contributed by atoms with E-state index in [1.807, 2.05) is 20.1 Å². The number of carbonyl (C=O) groups is 1. The topological polar surface area (TPSA) is 99.8 Å². The molecule has 0 saturated heterocycles. The number of rotatable bonds is 5. The minimum Gasteiger partial charge on any atom is -0.332 e. The van der Waals surface area contributed by atoms with Gasteiger partial charge in [0.25, 0.3) is 5.56 Å². The van der Waals surface area contributed by atoms with Crippen molar-refractivity contribution in [1.82, 2.24) is 20.3 Å². The minimum atomic E-state index is -0.374. The van der Waals surface area contributed by atoms with Crippen molar-refractivity contribution in [3.8, 4) is 0 Å². The molecule has 3 N–H and O–H groups in total. The summed E-state index contributed by atoms with van der Waals surface area (Å²) in [7, 11) is 0. The molecule has 0 radical (unpaired) electrons. The van der Waals surface area contributed by atoms with Crippen molar-refractivity contribution >= 4 is 34.9 Å². The Kier molecular flexibility index (Phi) is 5.56. The van der Waals surface area contributed by atoms with Crippen LogP contribution in [0.4, 0.5) is 10.6 Å². The normalized spacial score (nSPS) is 10.7. The average molecular weight is 339 g/mol. The van der Waals surface area contributed by atoms with Gasteiger partial charge >= 0.3 is 6.03 Å². The molecule has 0 fully saturated rings. The third kappa shape index (κ3) is 4.31. The molecule has 0 aliphatic heterocycles. The number of carbonyl (C=O) groups excluding carboxylic acids is 1. The number of nitrogens with zero attached hydrogens (tertiary/aromatic N) is 2. The van der Waals surface area contributed by atoms with E-state index >= 15 is 0 Å². The number of nitrogens with one attached hydrogen (secondary N) is 3. The van der Waals surface area contributed by atoms with Gasteiger partial charge in [0.15, 0.2) is 5.16 Å². The first-order chi connectivity index (χ1) is 10.5. The predicted octanol–water partition coefficient (Wildman–Crippen LogP) is 2.39. The highest BCUT2D eigenvalue weighted by atomic mass is 32.2. The van der Waals surface area contributed by atoms with Crippen LogP contribution >= 0.6 is 23.1 Å². The van der Waals surface area contributed by atoms with Crippen LogP contribution in [0, 0.1) is 0 Å². The van der Waals surface area contributed by atoms with E-state index in [2.05, 4.69) is 25.6 Å². The second-order valence-electron chi connectivity index (χ2n) is 4.77. The summed E-state index contributed by atoms with van der Waals surface area (Å²) in [5.74, 6) is 0.863. The molecule has 0 saturated carbocycles. The van der Waals surface area contributed by atoms with Crippen LogP contribution in [0.15, 0.2) is 21.5 Å². The second-order valence-corrected chi connectivity index (χ2v) is 6.45. The zero-order chi connectivity index (χ0) is 16.1. The fraction of sp³-hybridized carbons (Fsp3) is 0.385. The highest BCUT2D eigenvalue weighted by molar-refractivity contribution is 7.98. The van der Waals surface area contributed by atoms with E-state index in [9.17, 15) is 9.59 Å². The lowest BCUT2D eigenvalue weighted by molar-refractivity contribution is 0.251. The molecule has 22 heavy (non-hydrogen) atoms. The molecule has 0 aliphatic rings. The SMILES string of the molecule is CSc1nc(CNC(=O)Nc2ncsc2C(C)C)cc(=O)[nH]1. The standard InChI is InChI=1S/C13H17N5O2S2/c1-7(2)10-11(15-6-22-10)18-12(20)14-5-8-4-9(19)17-13(16-8)21-3/h4,6-7H,5H2,1-3H3,(H2,14,18,20)(H,16,17,19). The summed E-state index contributed by atoms with van der Waals surface area (Å²) in [5.41, 5.74) is 1.97. The third-order valence-corrected chi connectivity index (χ3v) is 4.46. The van der Waals surface area contributed by atoms with Crippen molar-refractivity contribution < 1.29 is 4.79 Å². The van der Waals surface area contributed by atoms with Crippen molar-refractivity contribution in [3.05, 3.63) is 32.5 Å². The van der Waals surface area contributed by atoms with Crippen molar-refractivity contribution in [2.75, 3.05) is 11.6 Å². The molecule has 9 heteroatoms. The van der Waals surface area contributed by atoms with Crippen LogP contribution in [0.1, 0.15) is 30.3 Å². The summed E-state index contributed by atoms with van der Waals surface area (Å²) >= 11 is 2.84. The number of hydrogen-bond acceptors (Lipinski definition) is 6. The summed E-state index contributed by atoms with van der Waals surface area (Å²) in [5, 5.41) is 5.91. The molecule has 7 nitrogen and oxygen atoms in total. The van der Waals surface area contributed by atoms with Crippen LogP contribution < -0.4 is 16.2 Å². The van der Waals surface area contributed by atoms with Crippen molar-refractivity contribution in [2.45, 2.75) is 31.5 Å². The molecule has 0 aliphatic carbocycles. The molecule has 2 heterocycles. The Bertz CT molecular complexity index is 710. The fourth-order valence-corrected chi connectivity index (χ4v) is 2.92. The summed E-state index contributed by atoms with van der Waals surface area (Å²) in [6, 6.07) is 0.989. The molecule has 0 unspecified atom stereocenters. The number of thioether (sulfide) groups is 1. The molecule has 2 rings (SSSR count). The smallest absolute Gasteiger partial charge is 0.320 e. The van der Waals surface area contributed by atoms with Crippen LogP contribution in [0.25, 0.3) is 0 Å². The Hall–Kier alpha value is -1.87. The lowest BCUT2D eigenvalue weighted by Gasteiger charge is -2.09. The highest BCUT2D eigenvalue weighted by Crippen LogP contribution is 2.26. The van der Waals surface area contributed by atoms with Gasteiger partial charge in [-0.1, -0.05) is 25.6 Å². The lowest BCUT2D eigenvalue weighted by Crippen LogP contribution is -2.29. The van der Waals surface area contributed by atoms with Gasteiger partial charge in [0.05, 0.1) is 22.6 Å². The number of aromatic amines is 1. The number of amides is 2. The monoisotopic (exact) mass is 339 g/mol.